The van der Waals surface area contributed by atoms with Gasteiger partial charge in [-0.3, -0.25) is 4.79 Å². The number of aryl methyl sites for hydroxylation is 1. The van der Waals surface area contributed by atoms with E-state index in [1.807, 2.05) is 13.8 Å². The van der Waals surface area contributed by atoms with Crippen molar-refractivity contribution in [3.8, 4) is 12.0 Å². The zero-order valence-electron chi connectivity index (χ0n) is 11.0. The van der Waals surface area contributed by atoms with Crippen LogP contribution in [-0.2, 0) is 19.1 Å². The van der Waals surface area contributed by atoms with E-state index >= 15 is 0 Å². The first-order valence-electron chi connectivity index (χ1n) is 5.47. The summed E-state index contributed by atoms with van der Waals surface area (Å²) in [4.78, 5) is 9.12. The van der Waals surface area contributed by atoms with Gasteiger partial charge in [-0.2, -0.15) is 8.42 Å². The minimum Gasteiger partial charge on any atom is -0.481 e. The number of carbonyl (C=O) groups is 1. The van der Waals surface area contributed by atoms with Crippen LogP contribution in [0.2, 0.25) is 0 Å². The molecule has 1 aromatic rings. The molecule has 0 radical (unpaired) electrons. The maximum atomic E-state index is 11.5. The Morgan fingerprint density at radius 3 is 2.21 bits per heavy atom. The Morgan fingerprint density at radius 2 is 1.79 bits per heavy atom. The summed E-state index contributed by atoms with van der Waals surface area (Å²) in [6, 6.07) is 6.42. The fraction of sp³-hybridized carbons (Fsp3) is 0.308. The van der Waals surface area contributed by atoms with Gasteiger partial charge in [0, 0.05) is 13.3 Å². The SMILES string of the molecule is CC(=O)O.CCC#COS(=O)(=O)c1ccc(C)cc1. The smallest absolute Gasteiger partial charge is 0.347 e. The minimum absolute atomic E-state index is 0.124. The Bertz CT molecular complexity index is 557. The van der Waals surface area contributed by atoms with Crippen molar-refractivity contribution in [1.82, 2.24) is 0 Å². The lowest BCUT2D eigenvalue weighted by Gasteiger charge is -2.00. The molecule has 0 bridgehead atoms. The third-order valence-electron chi connectivity index (χ3n) is 1.71. The van der Waals surface area contributed by atoms with Gasteiger partial charge in [-0.05, 0) is 19.1 Å². The van der Waals surface area contributed by atoms with Gasteiger partial charge in [0.2, 0.25) is 0 Å². The molecule has 0 heterocycles. The van der Waals surface area contributed by atoms with Gasteiger partial charge in [0.05, 0.1) is 0 Å². The molecule has 1 N–H and O–H groups in total. The molecule has 0 saturated carbocycles. The van der Waals surface area contributed by atoms with Crippen LogP contribution in [0.4, 0.5) is 0 Å². The van der Waals surface area contributed by atoms with Gasteiger partial charge in [-0.15, -0.1) is 0 Å². The van der Waals surface area contributed by atoms with Crippen LogP contribution < -0.4 is 0 Å². The fourth-order valence-corrected chi connectivity index (χ4v) is 1.64. The molecule has 0 aliphatic rings. The average molecular weight is 284 g/mol. The molecule has 0 spiro atoms. The highest BCUT2D eigenvalue weighted by atomic mass is 32.2. The topological polar surface area (TPSA) is 80.7 Å². The van der Waals surface area contributed by atoms with Gasteiger partial charge in [0.15, 0.2) is 0 Å². The van der Waals surface area contributed by atoms with E-state index in [9.17, 15) is 8.42 Å². The van der Waals surface area contributed by atoms with Crippen molar-refractivity contribution >= 4 is 16.1 Å². The summed E-state index contributed by atoms with van der Waals surface area (Å²) in [5.41, 5.74) is 0.994. The summed E-state index contributed by atoms with van der Waals surface area (Å²) in [6.07, 6.45) is 2.71. The molecule has 0 atom stereocenters. The number of hydrogen-bond acceptors (Lipinski definition) is 4. The van der Waals surface area contributed by atoms with Crippen molar-refractivity contribution in [3.63, 3.8) is 0 Å². The maximum absolute atomic E-state index is 11.5. The van der Waals surface area contributed by atoms with Crippen molar-refractivity contribution < 1.29 is 22.5 Å². The number of rotatable bonds is 2. The van der Waals surface area contributed by atoms with Crippen LogP contribution in [0.3, 0.4) is 0 Å². The van der Waals surface area contributed by atoms with Gasteiger partial charge >= 0.3 is 10.1 Å². The van der Waals surface area contributed by atoms with E-state index in [-0.39, 0.29) is 4.90 Å². The highest BCUT2D eigenvalue weighted by Gasteiger charge is 2.13. The van der Waals surface area contributed by atoms with E-state index in [4.69, 9.17) is 9.90 Å². The number of hydrogen-bond donors (Lipinski definition) is 1. The van der Waals surface area contributed by atoms with E-state index in [0.29, 0.717) is 6.42 Å². The Balaban J connectivity index is 0.000000711. The quantitative estimate of drug-likeness (QED) is 0.665. The predicted octanol–water partition coefficient (Wildman–Crippen LogP) is 2.16. The number of aliphatic carboxylic acids is 1. The molecule has 5 nitrogen and oxygen atoms in total. The van der Waals surface area contributed by atoms with Gasteiger partial charge in [-0.1, -0.05) is 30.5 Å². The zero-order valence-corrected chi connectivity index (χ0v) is 11.8. The molecule has 0 amide bonds. The Morgan fingerprint density at radius 1 is 1.32 bits per heavy atom. The molecule has 0 saturated heterocycles. The molecule has 0 aliphatic heterocycles. The molecule has 1 aromatic carbocycles. The summed E-state index contributed by atoms with van der Waals surface area (Å²) in [5.74, 6) is 1.70. The second kappa shape index (κ2) is 8.16. The van der Waals surface area contributed by atoms with E-state index < -0.39 is 16.1 Å². The van der Waals surface area contributed by atoms with Crippen LogP contribution in [0.1, 0.15) is 25.8 Å². The predicted molar refractivity (Wildman–Crippen MR) is 70.8 cm³/mol. The first-order chi connectivity index (χ1) is 8.79. The summed E-state index contributed by atoms with van der Waals surface area (Å²) in [7, 11) is -3.72. The molecule has 0 aromatic heterocycles. The first-order valence-corrected chi connectivity index (χ1v) is 6.88. The normalized spacial score (nSPS) is 9.42. The number of benzene rings is 1. The van der Waals surface area contributed by atoms with Crippen LogP contribution in [0.25, 0.3) is 0 Å². The van der Waals surface area contributed by atoms with E-state index in [1.165, 1.54) is 12.1 Å². The molecule has 1 rings (SSSR count). The summed E-state index contributed by atoms with van der Waals surface area (Å²) in [5, 5.41) is 7.42. The number of carboxylic acids is 1. The number of carboxylic acid groups (broad SMARTS) is 1. The highest BCUT2D eigenvalue weighted by molar-refractivity contribution is 7.86. The van der Waals surface area contributed by atoms with E-state index in [1.54, 1.807) is 12.1 Å². The molecule has 0 unspecified atom stereocenters. The second-order valence-electron chi connectivity index (χ2n) is 3.50. The van der Waals surface area contributed by atoms with E-state index in [0.717, 1.165) is 12.5 Å². The van der Waals surface area contributed by atoms with Gasteiger partial charge in [-0.25, -0.2) is 0 Å². The standard InChI is InChI=1S/C11H12O3S.C2H4O2/c1-3-4-9-14-15(12,13)11-7-5-10(2)6-8-11;1-2(3)4/h5-8H,3H2,1-2H3;1H3,(H,3,4). The lowest BCUT2D eigenvalue weighted by atomic mass is 10.2. The first kappa shape index (κ1) is 17.0. The average Bonchev–Trinajstić information content (AvgIpc) is 2.29. The van der Waals surface area contributed by atoms with Crippen LogP contribution in [0.5, 0.6) is 0 Å². The van der Waals surface area contributed by atoms with Crippen LogP contribution in [0, 0.1) is 19.0 Å². The van der Waals surface area contributed by atoms with Crippen molar-refractivity contribution in [2.75, 3.05) is 0 Å². The van der Waals surface area contributed by atoms with Crippen molar-refractivity contribution in [2.24, 2.45) is 0 Å². The Kier molecular flexibility index (Phi) is 7.30. The third-order valence-corrected chi connectivity index (χ3v) is 2.86. The fourth-order valence-electron chi connectivity index (χ4n) is 0.910. The summed E-state index contributed by atoms with van der Waals surface area (Å²) < 4.78 is 27.5. The van der Waals surface area contributed by atoms with Crippen LogP contribution in [-0.4, -0.2) is 19.5 Å². The van der Waals surface area contributed by atoms with Crippen LogP contribution in [0.15, 0.2) is 29.2 Å². The largest absolute Gasteiger partial charge is 0.481 e. The molecular weight excluding hydrogens is 268 g/mol. The Labute approximate surface area is 113 Å². The minimum atomic E-state index is -3.72. The molecule has 6 heteroatoms. The van der Waals surface area contributed by atoms with Crippen molar-refractivity contribution in [2.45, 2.75) is 32.1 Å². The van der Waals surface area contributed by atoms with Gasteiger partial charge in [0.25, 0.3) is 5.97 Å². The van der Waals surface area contributed by atoms with Gasteiger partial charge < -0.3 is 9.29 Å². The molecule has 0 aliphatic carbocycles. The van der Waals surface area contributed by atoms with E-state index in [2.05, 4.69) is 16.2 Å². The molecule has 19 heavy (non-hydrogen) atoms. The molecular formula is C13H16O5S. The van der Waals surface area contributed by atoms with Gasteiger partial charge in [0.1, 0.15) is 11.0 Å². The van der Waals surface area contributed by atoms with Crippen LogP contribution >= 0.6 is 0 Å². The monoisotopic (exact) mass is 284 g/mol. The molecule has 0 fully saturated rings. The lowest BCUT2D eigenvalue weighted by molar-refractivity contribution is -0.134. The Hall–Kier alpha value is -2.00. The highest BCUT2D eigenvalue weighted by Crippen LogP contribution is 2.12. The van der Waals surface area contributed by atoms with Crippen molar-refractivity contribution in [1.29, 1.82) is 0 Å². The zero-order chi connectivity index (χ0) is 14.9. The summed E-state index contributed by atoms with van der Waals surface area (Å²) in [6.45, 7) is 4.78. The third kappa shape index (κ3) is 7.84. The van der Waals surface area contributed by atoms with Crippen molar-refractivity contribution in [3.05, 3.63) is 29.8 Å². The molecule has 104 valence electrons. The second-order valence-corrected chi connectivity index (χ2v) is 5.05. The lowest BCUT2D eigenvalue weighted by Crippen LogP contribution is -2.02. The maximum Gasteiger partial charge on any atom is 0.347 e. The summed E-state index contributed by atoms with van der Waals surface area (Å²) >= 11 is 0.